The summed E-state index contributed by atoms with van der Waals surface area (Å²) in [5.41, 5.74) is 6.70. The van der Waals surface area contributed by atoms with Gasteiger partial charge in [-0.2, -0.15) is 0 Å². The monoisotopic (exact) mass is 243 g/mol. The Morgan fingerprint density at radius 1 is 1.06 bits per heavy atom. The molecule has 0 fully saturated rings. The van der Waals surface area contributed by atoms with Gasteiger partial charge in [-0.25, -0.2) is 4.39 Å². The van der Waals surface area contributed by atoms with Gasteiger partial charge in [-0.15, -0.1) is 0 Å². The predicted molar refractivity (Wildman–Crippen MR) is 68.5 cm³/mol. The number of primary amides is 1. The molecule has 0 aliphatic heterocycles. The van der Waals surface area contributed by atoms with Crippen LogP contribution in [0, 0.1) is 5.82 Å². The molecule has 2 nitrogen and oxygen atoms in total. The fourth-order valence-corrected chi connectivity index (χ4v) is 1.97. The summed E-state index contributed by atoms with van der Waals surface area (Å²) in [6.07, 6.45) is 0.414. The molecule has 0 aromatic heterocycles. The van der Waals surface area contributed by atoms with Crippen molar-refractivity contribution in [1.82, 2.24) is 0 Å². The Balaban J connectivity index is 2.30. The maximum absolute atomic E-state index is 13.7. The van der Waals surface area contributed by atoms with Gasteiger partial charge in [0.25, 0.3) is 0 Å². The van der Waals surface area contributed by atoms with Gasteiger partial charge in [-0.1, -0.05) is 48.5 Å². The summed E-state index contributed by atoms with van der Waals surface area (Å²) in [6, 6.07) is 15.7. The second-order valence-electron chi connectivity index (χ2n) is 4.17. The van der Waals surface area contributed by atoms with E-state index in [4.69, 9.17) is 5.73 Å². The number of nitrogens with two attached hydrogens (primary N) is 1. The standard InChI is InChI=1S/C15H14FNO/c16-14-9-5-4-8-12(14)13(15(17)18)10-11-6-2-1-3-7-11/h1-9,13H,10H2,(H2,17,18). The fourth-order valence-electron chi connectivity index (χ4n) is 1.97. The minimum atomic E-state index is -0.631. The lowest BCUT2D eigenvalue weighted by molar-refractivity contribution is -0.119. The van der Waals surface area contributed by atoms with Crippen LogP contribution < -0.4 is 5.73 Å². The summed E-state index contributed by atoms with van der Waals surface area (Å²) in [6.45, 7) is 0. The van der Waals surface area contributed by atoms with Crippen LogP contribution in [-0.2, 0) is 11.2 Å². The van der Waals surface area contributed by atoms with Crippen LogP contribution in [0.1, 0.15) is 17.0 Å². The molecule has 1 unspecified atom stereocenters. The lowest BCUT2D eigenvalue weighted by Gasteiger charge is -2.14. The molecule has 92 valence electrons. The number of halogens is 1. The van der Waals surface area contributed by atoms with E-state index in [0.29, 0.717) is 12.0 Å². The molecule has 2 N–H and O–H groups in total. The van der Waals surface area contributed by atoms with Gasteiger partial charge in [0.1, 0.15) is 5.82 Å². The summed E-state index contributed by atoms with van der Waals surface area (Å²) in [7, 11) is 0. The van der Waals surface area contributed by atoms with E-state index in [1.54, 1.807) is 18.2 Å². The quantitative estimate of drug-likeness (QED) is 0.881. The van der Waals surface area contributed by atoms with Crippen molar-refractivity contribution in [2.75, 3.05) is 0 Å². The first-order valence-corrected chi connectivity index (χ1v) is 5.76. The van der Waals surface area contributed by atoms with Crippen LogP contribution >= 0.6 is 0 Å². The third-order valence-corrected chi connectivity index (χ3v) is 2.91. The van der Waals surface area contributed by atoms with Gasteiger partial charge >= 0.3 is 0 Å². The molecule has 0 aliphatic rings. The molecule has 2 aromatic carbocycles. The van der Waals surface area contributed by atoms with Crippen LogP contribution in [0.3, 0.4) is 0 Å². The summed E-state index contributed by atoms with van der Waals surface area (Å²) in [5, 5.41) is 0. The van der Waals surface area contributed by atoms with Crippen molar-refractivity contribution in [2.45, 2.75) is 12.3 Å². The van der Waals surface area contributed by atoms with Crippen molar-refractivity contribution in [3.63, 3.8) is 0 Å². The van der Waals surface area contributed by atoms with Gasteiger partial charge in [0.15, 0.2) is 0 Å². The number of carbonyl (C=O) groups excluding carboxylic acids is 1. The molecule has 0 bridgehead atoms. The highest BCUT2D eigenvalue weighted by atomic mass is 19.1. The minimum absolute atomic E-state index is 0.355. The molecule has 0 aliphatic carbocycles. The van der Waals surface area contributed by atoms with Crippen molar-refractivity contribution in [1.29, 1.82) is 0 Å². The van der Waals surface area contributed by atoms with Crippen LogP contribution in [0.25, 0.3) is 0 Å². The van der Waals surface area contributed by atoms with Gasteiger partial charge in [-0.05, 0) is 18.1 Å². The molecular formula is C15H14FNO. The Morgan fingerprint density at radius 2 is 1.67 bits per heavy atom. The number of rotatable bonds is 4. The third-order valence-electron chi connectivity index (χ3n) is 2.91. The first-order valence-electron chi connectivity index (χ1n) is 5.76. The zero-order valence-electron chi connectivity index (χ0n) is 9.84. The van der Waals surface area contributed by atoms with Crippen LogP contribution in [0.4, 0.5) is 4.39 Å². The zero-order valence-corrected chi connectivity index (χ0v) is 9.84. The summed E-state index contributed by atoms with van der Waals surface area (Å²) < 4.78 is 13.7. The van der Waals surface area contributed by atoms with Crippen LogP contribution in [0.15, 0.2) is 54.6 Å². The van der Waals surface area contributed by atoms with Crippen molar-refractivity contribution in [2.24, 2.45) is 5.73 Å². The predicted octanol–water partition coefficient (Wildman–Crippen LogP) is 2.64. The van der Waals surface area contributed by atoms with Crippen LogP contribution in [0.5, 0.6) is 0 Å². The number of hydrogen-bond acceptors (Lipinski definition) is 1. The molecule has 0 spiro atoms. The molecule has 3 heteroatoms. The average molecular weight is 243 g/mol. The van der Waals surface area contributed by atoms with E-state index >= 15 is 0 Å². The maximum Gasteiger partial charge on any atom is 0.225 e. The zero-order chi connectivity index (χ0) is 13.0. The summed E-state index contributed by atoms with van der Waals surface area (Å²) in [4.78, 5) is 11.5. The van der Waals surface area contributed by atoms with Crippen molar-refractivity contribution in [3.05, 3.63) is 71.5 Å². The second kappa shape index (κ2) is 5.45. The van der Waals surface area contributed by atoms with Gasteiger partial charge in [0.05, 0.1) is 5.92 Å². The van der Waals surface area contributed by atoms with E-state index in [1.807, 2.05) is 30.3 Å². The molecule has 1 atom stereocenters. The Labute approximate surface area is 105 Å². The largest absolute Gasteiger partial charge is 0.369 e. The molecule has 2 rings (SSSR count). The van der Waals surface area contributed by atoms with Gasteiger partial charge in [0, 0.05) is 5.56 Å². The van der Waals surface area contributed by atoms with E-state index in [2.05, 4.69) is 0 Å². The number of benzene rings is 2. The number of carbonyl (C=O) groups is 1. The second-order valence-corrected chi connectivity index (χ2v) is 4.17. The molecule has 0 heterocycles. The van der Waals surface area contributed by atoms with E-state index in [9.17, 15) is 9.18 Å². The molecular weight excluding hydrogens is 229 g/mol. The Bertz CT molecular complexity index is 539. The Morgan fingerprint density at radius 3 is 2.28 bits per heavy atom. The van der Waals surface area contributed by atoms with Crippen LogP contribution in [-0.4, -0.2) is 5.91 Å². The highest BCUT2D eigenvalue weighted by Gasteiger charge is 2.21. The van der Waals surface area contributed by atoms with Crippen molar-refractivity contribution >= 4 is 5.91 Å². The van der Waals surface area contributed by atoms with Crippen LogP contribution in [0.2, 0.25) is 0 Å². The molecule has 0 saturated heterocycles. The maximum atomic E-state index is 13.7. The first kappa shape index (κ1) is 12.3. The molecule has 0 radical (unpaired) electrons. The van der Waals surface area contributed by atoms with E-state index < -0.39 is 17.6 Å². The number of amides is 1. The van der Waals surface area contributed by atoms with E-state index in [0.717, 1.165) is 5.56 Å². The summed E-state index contributed by atoms with van der Waals surface area (Å²) >= 11 is 0. The van der Waals surface area contributed by atoms with Crippen molar-refractivity contribution < 1.29 is 9.18 Å². The summed E-state index contributed by atoms with van der Waals surface area (Å²) in [5.74, 6) is -1.53. The molecule has 1 amide bonds. The third kappa shape index (κ3) is 2.74. The fraction of sp³-hybridized carbons (Fsp3) is 0.133. The molecule has 2 aromatic rings. The van der Waals surface area contributed by atoms with E-state index in [-0.39, 0.29) is 0 Å². The van der Waals surface area contributed by atoms with Crippen molar-refractivity contribution in [3.8, 4) is 0 Å². The van der Waals surface area contributed by atoms with Gasteiger partial charge in [-0.3, -0.25) is 4.79 Å². The Hall–Kier alpha value is -2.16. The highest BCUT2D eigenvalue weighted by Crippen LogP contribution is 2.23. The van der Waals surface area contributed by atoms with Gasteiger partial charge in [0.2, 0.25) is 5.91 Å². The SMILES string of the molecule is NC(=O)C(Cc1ccccc1)c1ccccc1F. The highest BCUT2D eigenvalue weighted by molar-refractivity contribution is 5.82. The molecule has 0 saturated carbocycles. The lowest BCUT2D eigenvalue weighted by atomic mass is 9.91. The normalized spacial score (nSPS) is 12.1. The topological polar surface area (TPSA) is 43.1 Å². The number of hydrogen-bond donors (Lipinski definition) is 1. The van der Waals surface area contributed by atoms with E-state index in [1.165, 1.54) is 6.07 Å². The lowest BCUT2D eigenvalue weighted by Crippen LogP contribution is -2.24. The average Bonchev–Trinajstić information content (AvgIpc) is 2.38. The minimum Gasteiger partial charge on any atom is -0.369 e. The van der Waals surface area contributed by atoms with Gasteiger partial charge < -0.3 is 5.73 Å². The Kier molecular flexibility index (Phi) is 3.72. The molecule has 18 heavy (non-hydrogen) atoms. The first-order chi connectivity index (χ1) is 8.68. The smallest absolute Gasteiger partial charge is 0.225 e.